The third-order valence-electron chi connectivity index (χ3n) is 4.43. The number of nitrogens with zero attached hydrogens (tertiary/aromatic N) is 1. The molecular formula is C21H19N3O2. The number of hydrogen-bond acceptors (Lipinski definition) is 3. The monoisotopic (exact) mass is 345 g/mol. The summed E-state index contributed by atoms with van der Waals surface area (Å²) in [6.45, 7) is 4.04. The predicted octanol–water partition coefficient (Wildman–Crippen LogP) is 3.59. The second kappa shape index (κ2) is 7.24. The smallest absolute Gasteiger partial charge is 0.251 e. The van der Waals surface area contributed by atoms with Gasteiger partial charge in [0.1, 0.15) is 0 Å². The lowest BCUT2D eigenvalue weighted by Crippen LogP contribution is -2.17. The Morgan fingerprint density at radius 3 is 2.69 bits per heavy atom. The van der Waals surface area contributed by atoms with Gasteiger partial charge in [0.25, 0.3) is 5.56 Å². The number of amides is 1. The molecule has 0 unspecified atom stereocenters. The highest BCUT2D eigenvalue weighted by atomic mass is 16.1. The molecule has 0 saturated carbocycles. The lowest BCUT2D eigenvalue weighted by Gasteiger charge is -2.08. The third kappa shape index (κ3) is 3.81. The third-order valence-corrected chi connectivity index (χ3v) is 4.43. The summed E-state index contributed by atoms with van der Waals surface area (Å²) in [7, 11) is 0. The maximum Gasteiger partial charge on any atom is 0.251 e. The van der Waals surface area contributed by atoms with E-state index in [0.717, 1.165) is 22.0 Å². The number of carbonyl (C=O) groups excluding carboxylic acids is 1. The molecule has 5 heteroatoms. The van der Waals surface area contributed by atoms with E-state index in [1.165, 1.54) is 0 Å². The predicted molar refractivity (Wildman–Crippen MR) is 102 cm³/mol. The maximum atomic E-state index is 12.3. The molecule has 3 aromatic rings. The standard InChI is InChI=1S/C21H19N3O2/c1-13-8-17-11-16(21(26)24-19(17)9-14(13)2)6-7-20(25)23-18-5-3-4-15(10-18)12-22/h3-5,8-11H,6-7H2,1-2H3,(H,23,25)(H,24,26). The minimum atomic E-state index is -0.195. The summed E-state index contributed by atoms with van der Waals surface area (Å²) < 4.78 is 0. The summed E-state index contributed by atoms with van der Waals surface area (Å²) in [4.78, 5) is 27.3. The van der Waals surface area contributed by atoms with Gasteiger partial charge in [0.05, 0.1) is 11.6 Å². The second-order valence-electron chi connectivity index (χ2n) is 6.39. The zero-order valence-electron chi connectivity index (χ0n) is 14.7. The van der Waals surface area contributed by atoms with Gasteiger partial charge in [0.2, 0.25) is 5.91 Å². The molecule has 0 saturated heterocycles. The highest BCUT2D eigenvalue weighted by Crippen LogP contribution is 2.18. The molecule has 0 aliphatic rings. The van der Waals surface area contributed by atoms with Crippen LogP contribution in [0.4, 0.5) is 5.69 Å². The minimum absolute atomic E-state index is 0.167. The van der Waals surface area contributed by atoms with Crippen LogP contribution in [0.1, 0.15) is 28.7 Å². The van der Waals surface area contributed by atoms with Crippen LogP contribution in [0.25, 0.3) is 10.9 Å². The van der Waals surface area contributed by atoms with Gasteiger partial charge in [-0.05, 0) is 73.2 Å². The highest BCUT2D eigenvalue weighted by Gasteiger charge is 2.08. The van der Waals surface area contributed by atoms with Gasteiger partial charge in [0, 0.05) is 23.2 Å². The molecule has 5 nitrogen and oxygen atoms in total. The van der Waals surface area contributed by atoms with Gasteiger partial charge in [-0.15, -0.1) is 0 Å². The van der Waals surface area contributed by atoms with Crippen molar-refractivity contribution in [1.82, 2.24) is 4.98 Å². The number of aryl methyl sites for hydroxylation is 3. The fourth-order valence-electron chi connectivity index (χ4n) is 2.85. The zero-order valence-corrected chi connectivity index (χ0v) is 14.7. The Hall–Kier alpha value is -3.39. The molecule has 130 valence electrons. The topological polar surface area (TPSA) is 85.8 Å². The Balaban J connectivity index is 1.73. The van der Waals surface area contributed by atoms with Gasteiger partial charge in [-0.3, -0.25) is 9.59 Å². The molecule has 0 aliphatic carbocycles. The molecule has 1 heterocycles. The number of aromatic amines is 1. The number of rotatable bonds is 4. The number of hydrogen-bond donors (Lipinski definition) is 2. The van der Waals surface area contributed by atoms with Crippen LogP contribution in [0.5, 0.6) is 0 Å². The lowest BCUT2D eigenvalue weighted by atomic mass is 10.0. The van der Waals surface area contributed by atoms with Gasteiger partial charge >= 0.3 is 0 Å². The van der Waals surface area contributed by atoms with Crippen molar-refractivity contribution >= 4 is 22.5 Å². The Bertz CT molecular complexity index is 1090. The fourth-order valence-corrected chi connectivity index (χ4v) is 2.85. The van der Waals surface area contributed by atoms with Gasteiger partial charge in [0.15, 0.2) is 0 Å². The van der Waals surface area contributed by atoms with Crippen molar-refractivity contribution in [3.8, 4) is 6.07 Å². The Morgan fingerprint density at radius 2 is 1.92 bits per heavy atom. The number of nitrogens with one attached hydrogen (secondary N) is 2. The lowest BCUT2D eigenvalue weighted by molar-refractivity contribution is -0.116. The van der Waals surface area contributed by atoms with Crippen LogP contribution in [-0.4, -0.2) is 10.9 Å². The Kier molecular flexibility index (Phi) is 4.85. The van der Waals surface area contributed by atoms with Gasteiger partial charge in [-0.2, -0.15) is 5.26 Å². The molecule has 1 amide bonds. The van der Waals surface area contributed by atoms with Crippen LogP contribution in [-0.2, 0) is 11.2 Å². The molecule has 0 bridgehead atoms. The van der Waals surface area contributed by atoms with E-state index in [2.05, 4.69) is 10.3 Å². The molecule has 0 aliphatic heterocycles. The molecule has 0 fully saturated rings. The van der Waals surface area contributed by atoms with Crippen LogP contribution in [0.2, 0.25) is 0 Å². The number of carbonyl (C=O) groups is 1. The number of fused-ring (bicyclic) bond motifs is 1. The van der Waals surface area contributed by atoms with Crippen molar-refractivity contribution in [1.29, 1.82) is 5.26 Å². The van der Waals surface area contributed by atoms with Crippen LogP contribution in [0.15, 0.2) is 47.3 Å². The Morgan fingerprint density at radius 1 is 1.15 bits per heavy atom. The minimum Gasteiger partial charge on any atom is -0.326 e. The van der Waals surface area contributed by atoms with E-state index in [0.29, 0.717) is 23.2 Å². The van der Waals surface area contributed by atoms with Crippen LogP contribution in [0.3, 0.4) is 0 Å². The summed E-state index contributed by atoms with van der Waals surface area (Å²) >= 11 is 0. The van der Waals surface area contributed by atoms with Crippen LogP contribution < -0.4 is 10.9 Å². The first-order valence-electron chi connectivity index (χ1n) is 8.39. The van der Waals surface area contributed by atoms with Crippen LogP contribution >= 0.6 is 0 Å². The molecule has 0 spiro atoms. The van der Waals surface area contributed by atoms with Crippen molar-refractivity contribution in [2.75, 3.05) is 5.32 Å². The molecule has 3 rings (SSSR count). The maximum absolute atomic E-state index is 12.3. The first-order valence-corrected chi connectivity index (χ1v) is 8.39. The molecule has 26 heavy (non-hydrogen) atoms. The summed E-state index contributed by atoms with van der Waals surface area (Å²) in [6, 6.07) is 14.6. The van der Waals surface area contributed by atoms with E-state index < -0.39 is 0 Å². The van der Waals surface area contributed by atoms with Crippen molar-refractivity contribution in [2.45, 2.75) is 26.7 Å². The number of pyridine rings is 1. The van der Waals surface area contributed by atoms with Crippen molar-refractivity contribution in [2.24, 2.45) is 0 Å². The van der Waals surface area contributed by atoms with Gasteiger partial charge in [-0.25, -0.2) is 0 Å². The number of anilines is 1. The van der Waals surface area contributed by atoms with E-state index in [1.807, 2.05) is 38.1 Å². The molecule has 2 aromatic carbocycles. The first kappa shape index (κ1) is 17.4. The summed E-state index contributed by atoms with van der Waals surface area (Å²) in [5.74, 6) is -0.195. The Labute approximate surface area is 151 Å². The molecule has 1 aromatic heterocycles. The molecule has 2 N–H and O–H groups in total. The van der Waals surface area contributed by atoms with E-state index >= 15 is 0 Å². The van der Waals surface area contributed by atoms with E-state index in [4.69, 9.17) is 5.26 Å². The average Bonchev–Trinajstić information content (AvgIpc) is 2.62. The van der Waals surface area contributed by atoms with Gasteiger partial charge in [-0.1, -0.05) is 6.07 Å². The molecule has 0 atom stereocenters. The van der Waals surface area contributed by atoms with E-state index in [-0.39, 0.29) is 17.9 Å². The average molecular weight is 345 g/mol. The number of aromatic nitrogens is 1. The number of nitriles is 1. The number of benzene rings is 2. The van der Waals surface area contributed by atoms with Crippen molar-refractivity contribution in [3.63, 3.8) is 0 Å². The van der Waals surface area contributed by atoms with Crippen LogP contribution in [0, 0.1) is 25.2 Å². The largest absolute Gasteiger partial charge is 0.326 e. The van der Waals surface area contributed by atoms with Crippen molar-refractivity contribution < 1.29 is 4.79 Å². The SMILES string of the molecule is Cc1cc2cc(CCC(=O)Nc3cccc(C#N)c3)c(=O)[nH]c2cc1C. The quantitative estimate of drug-likeness (QED) is 0.758. The molecule has 0 radical (unpaired) electrons. The van der Waals surface area contributed by atoms with Crippen molar-refractivity contribution in [3.05, 3.63) is 75.1 Å². The highest BCUT2D eigenvalue weighted by molar-refractivity contribution is 5.91. The first-order chi connectivity index (χ1) is 12.5. The van der Waals surface area contributed by atoms with E-state index in [9.17, 15) is 9.59 Å². The normalized spacial score (nSPS) is 10.5. The summed E-state index contributed by atoms with van der Waals surface area (Å²) in [5, 5.41) is 12.6. The number of H-pyrrole nitrogens is 1. The molecular weight excluding hydrogens is 326 g/mol. The fraction of sp³-hybridized carbons (Fsp3) is 0.190. The zero-order chi connectivity index (χ0) is 18.7. The second-order valence-corrected chi connectivity index (χ2v) is 6.39. The summed E-state index contributed by atoms with van der Waals surface area (Å²) in [6.07, 6.45) is 0.540. The summed E-state index contributed by atoms with van der Waals surface area (Å²) in [5.41, 5.74) is 4.57. The van der Waals surface area contributed by atoms with Gasteiger partial charge < -0.3 is 10.3 Å². The van der Waals surface area contributed by atoms with E-state index in [1.54, 1.807) is 24.3 Å².